The van der Waals surface area contributed by atoms with E-state index in [-0.39, 0.29) is 29.2 Å². The van der Waals surface area contributed by atoms with Crippen molar-refractivity contribution in [1.29, 1.82) is 0 Å². The van der Waals surface area contributed by atoms with Crippen LogP contribution < -0.4 is 0 Å². The number of ether oxygens (including phenoxy) is 2. The molecule has 5 nitrogen and oxygen atoms in total. The summed E-state index contributed by atoms with van der Waals surface area (Å²) in [5, 5.41) is 0. The zero-order valence-corrected chi connectivity index (χ0v) is 14.1. The van der Waals surface area contributed by atoms with Crippen molar-refractivity contribution < 1.29 is 23.9 Å². The van der Waals surface area contributed by atoms with Gasteiger partial charge in [-0.1, -0.05) is 19.9 Å². The molecule has 0 N–H and O–H groups in total. The third-order valence-electron chi connectivity index (χ3n) is 5.00. The molecule has 0 aromatic carbocycles. The molecule has 0 aromatic heterocycles. The second-order valence-corrected chi connectivity index (χ2v) is 6.38. The number of hydrogen-bond donors (Lipinski definition) is 0. The maximum Gasteiger partial charge on any atom is 0.333 e. The Labute approximate surface area is 136 Å². The number of allylic oxidation sites excluding steroid dienone is 4. The summed E-state index contributed by atoms with van der Waals surface area (Å²) in [6.07, 6.45) is 5.30. The zero-order chi connectivity index (χ0) is 17.4. The summed E-state index contributed by atoms with van der Waals surface area (Å²) in [7, 11) is 1.30. The minimum Gasteiger partial charge on any atom is -0.466 e. The van der Waals surface area contributed by atoms with Gasteiger partial charge in [0, 0.05) is 29.4 Å². The molecule has 0 fully saturated rings. The number of ketones is 1. The van der Waals surface area contributed by atoms with Crippen LogP contribution in [0.4, 0.5) is 0 Å². The summed E-state index contributed by atoms with van der Waals surface area (Å²) in [5.41, 5.74) is 1.32. The maximum atomic E-state index is 12.4. The first-order valence-electron chi connectivity index (χ1n) is 7.60. The standard InChI is InChI=1S/C18H22O5/c1-10(17(21)22-5)14-9-18(4)11(2)16(23-12(3)19)7-6-13(18)8-15(14)20/h6-8,11,16H,9H2,1-5H3/b14-10-/t11-,16-,18+/m0/s1. The number of rotatable bonds is 2. The number of hydrogen-bond acceptors (Lipinski definition) is 5. The monoisotopic (exact) mass is 318 g/mol. The lowest BCUT2D eigenvalue weighted by atomic mass is 9.60. The molecule has 3 atom stereocenters. The highest BCUT2D eigenvalue weighted by molar-refractivity contribution is 6.10. The van der Waals surface area contributed by atoms with Gasteiger partial charge < -0.3 is 9.47 Å². The lowest BCUT2D eigenvalue weighted by molar-refractivity contribution is -0.148. The molecule has 2 rings (SSSR count). The molecule has 0 amide bonds. The molecule has 0 bridgehead atoms. The molecule has 0 saturated heterocycles. The molecule has 5 heteroatoms. The first-order valence-corrected chi connectivity index (χ1v) is 7.60. The van der Waals surface area contributed by atoms with Gasteiger partial charge in [-0.2, -0.15) is 0 Å². The van der Waals surface area contributed by atoms with Gasteiger partial charge in [-0.25, -0.2) is 4.79 Å². The number of methoxy groups -OCH3 is 1. The summed E-state index contributed by atoms with van der Waals surface area (Å²) in [6.45, 7) is 7.01. The Bertz CT molecular complexity index is 652. The number of fused-ring (bicyclic) bond motifs is 1. The predicted octanol–water partition coefficient (Wildman–Crippen LogP) is 2.52. The molecule has 0 spiro atoms. The maximum absolute atomic E-state index is 12.4. The fraction of sp³-hybridized carbons (Fsp3) is 0.500. The topological polar surface area (TPSA) is 69.7 Å². The number of esters is 2. The lowest BCUT2D eigenvalue weighted by Crippen LogP contribution is -2.42. The van der Waals surface area contributed by atoms with Crippen LogP contribution in [0.25, 0.3) is 0 Å². The molecule has 2 aliphatic rings. The minimum absolute atomic E-state index is 0.0174. The third kappa shape index (κ3) is 3.00. The van der Waals surface area contributed by atoms with Crippen LogP contribution in [0.1, 0.15) is 34.1 Å². The fourth-order valence-corrected chi connectivity index (χ4v) is 3.27. The average Bonchev–Trinajstić information content (AvgIpc) is 2.50. The van der Waals surface area contributed by atoms with Gasteiger partial charge in [0.2, 0.25) is 0 Å². The van der Waals surface area contributed by atoms with Crippen molar-refractivity contribution in [2.24, 2.45) is 11.3 Å². The quantitative estimate of drug-likeness (QED) is 0.578. The molecule has 0 unspecified atom stereocenters. The highest BCUT2D eigenvalue weighted by Crippen LogP contribution is 2.50. The van der Waals surface area contributed by atoms with E-state index in [1.54, 1.807) is 13.0 Å². The van der Waals surface area contributed by atoms with Crippen LogP contribution in [-0.4, -0.2) is 30.9 Å². The van der Waals surface area contributed by atoms with Crippen LogP contribution in [-0.2, 0) is 23.9 Å². The molecule has 0 heterocycles. The predicted molar refractivity (Wildman–Crippen MR) is 84.4 cm³/mol. The van der Waals surface area contributed by atoms with E-state index >= 15 is 0 Å². The van der Waals surface area contributed by atoms with E-state index in [0.717, 1.165) is 5.57 Å². The van der Waals surface area contributed by atoms with Gasteiger partial charge in [0.05, 0.1) is 7.11 Å². The smallest absolute Gasteiger partial charge is 0.333 e. The second kappa shape index (κ2) is 6.14. The molecule has 0 radical (unpaired) electrons. The highest BCUT2D eigenvalue weighted by Gasteiger charge is 2.45. The lowest BCUT2D eigenvalue weighted by Gasteiger charge is -2.45. The van der Waals surface area contributed by atoms with E-state index in [9.17, 15) is 14.4 Å². The van der Waals surface area contributed by atoms with E-state index in [4.69, 9.17) is 9.47 Å². The van der Waals surface area contributed by atoms with Gasteiger partial charge in [0.15, 0.2) is 5.78 Å². The Kier molecular flexibility index (Phi) is 4.59. The van der Waals surface area contributed by atoms with Gasteiger partial charge in [0.25, 0.3) is 0 Å². The Morgan fingerprint density at radius 2 is 1.96 bits per heavy atom. The van der Waals surface area contributed by atoms with E-state index < -0.39 is 5.97 Å². The molecule has 0 aliphatic heterocycles. The summed E-state index contributed by atoms with van der Waals surface area (Å²) in [6, 6.07) is 0. The van der Waals surface area contributed by atoms with Crippen molar-refractivity contribution in [2.45, 2.75) is 40.2 Å². The Morgan fingerprint density at radius 3 is 2.52 bits per heavy atom. The molecular weight excluding hydrogens is 296 g/mol. The van der Waals surface area contributed by atoms with Gasteiger partial charge in [0.1, 0.15) is 6.10 Å². The molecular formula is C18H22O5. The summed E-state index contributed by atoms with van der Waals surface area (Å²) < 4.78 is 10.1. The van der Waals surface area contributed by atoms with E-state index in [1.807, 2.05) is 26.0 Å². The zero-order valence-electron chi connectivity index (χ0n) is 14.1. The summed E-state index contributed by atoms with van der Waals surface area (Å²) in [4.78, 5) is 35.4. The van der Waals surface area contributed by atoms with E-state index in [1.165, 1.54) is 14.0 Å². The van der Waals surface area contributed by atoms with Crippen molar-refractivity contribution in [3.8, 4) is 0 Å². The fourth-order valence-electron chi connectivity index (χ4n) is 3.27. The van der Waals surface area contributed by atoms with Gasteiger partial charge in [-0.3, -0.25) is 9.59 Å². The molecule has 23 heavy (non-hydrogen) atoms. The molecule has 0 saturated carbocycles. The second-order valence-electron chi connectivity index (χ2n) is 6.38. The largest absolute Gasteiger partial charge is 0.466 e. The van der Waals surface area contributed by atoms with Crippen molar-refractivity contribution in [1.82, 2.24) is 0 Å². The van der Waals surface area contributed by atoms with Crippen LogP contribution in [0.5, 0.6) is 0 Å². The van der Waals surface area contributed by atoms with Crippen LogP contribution >= 0.6 is 0 Å². The van der Waals surface area contributed by atoms with Crippen molar-refractivity contribution in [2.75, 3.05) is 7.11 Å². The van der Waals surface area contributed by atoms with Gasteiger partial charge in [-0.15, -0.1) is 0 Å². The van der Waals surface area contributed by atoms with E-state index in [0.29, 0.717) is 17.6 Å². The minimum atomic E-state index is -0.496. The van der Waals surface area contributed by atoms with E-state index in [2.05, 4.69) is 0 Å². The first-order chi connectivity index (χ1) is 10.7. The van der Waals surface area contributed by atoms with Gasteiger partial charge >= 0.3 is 11.9 Å². The molecule has 2 aliphatic carbocycles. The average molecular weight is 318 g/mol. The van der Waals surface area contributed by atoms with Crippen LogP contribution in [0.2, 0.25) is 0 Å². The Hall–Kier alpha value is -2.17. The SMILES string of the molecule is COC(=O)/C(C)=C1/C[C@@]2(C)C(=CC1=O)C=C[C@H](OC(C)=O)[C@@H]2C. The Balaban J connectivity index is 2.46. The first kappa shape index (κ1) is 17.2. The molecule has 0 aromatic rings. The molecule has 124 valence electrons. The van der Waals surface area contributed by atoms with Crippen molar-refractivity contribution >= 4 is 17.7 Å². The Morgan fingerprint density at radius 1 is 1.30 bits per heavy atom. The van der Waals surface area contributed by atoms with Crippen molar-refractivity contribution in [3.05, 3.63) is 34.9 Å². The highest BCUT2D eigenvalue weighted by atomic mass is 16.5. The third-order valence-corrected chi connectivity index (χ3v) is 5.00. The number of carbonyl (C=O) groups excluding carboxylic acids is 3. The van der Waals surface area contributed by atoms with Gasteiger partial charge in [-0.05, 0) is 31.1 Å². The normalized spacial score (nSPS) is 31.9. The van der Waals surface area contributed by atoms with Crippen molar-refractivity contribution in [3.63, 3.8) is 0 Å². The number of carbonyl (C=O) groups is 3. The van der Waals surface area contributed by atoms with Crippen LogP contribution in [0.3, 0.4) is 0 Å². The van der Waals surface area contributed by atoms with Crippen LogP contribution in [0, 0.1) is 11.3 Å². The summed E-state index contributed by atoms with van der Waals surface area (Å²) >= 11 is 0. The van der Waals surface area contributed by atoms with Crippen LogP contribution in [0.15, 0.2) is 34.9 Å². The summed E-state index contributed by atoms with van der Waals surface area (Å²) in [5.74, 6) is -1.01.